The lowest BCUT2D eigenvalue weighted by atomic mass is 10.1. The van der Waals surface area contributed by atoms with Crippen molar-refractivity contribution in [3.05, 3.63) is 97.3 Å². The lowest BCUT2D eigenvalue weighted by Gasteiger charge is -2.15. The van der Waals surface area contributed by atoms with Crippen LogP contribution in [0.4, 0.5) is 0 Å². The number of halogens is 1. The molecule has 3 aromatic carbocycles. The third-order valence-corrected chi connectivity index (χ3v) is 8.05. The lowest BCUT2D eigenvalue weighted by Crippen LogP contribution is -2.30. The molecule has 2 N–H and O–H groups in total. The van der Waals surface area contributed by atoms with Gasteiger partial charge < -0.3 is 9.84 Å². The highest BCUT2D eigenvalue weighted by atomic mass is 35.5. The van der Waals surface area contributed by atoms with Gasteiger partial charge in [-0.15, -0.1) is 0 Å². The Morgan fingerprint density at radius 2 is 1.83 bits per heavy atom. The smallest absolute Gasteiger partial charge is 0.349 e. The maximum atomic E-state index is 13.3. The molecule has 0 radical (unpaired) electrons. The molecule has 11 heteroatoms. The van der Waals surface area contributed by atoms with Crippen LogP contribution in [0.2, 0.25) is 5.02 Å². The summed E-state index contributed by atoms with van der Waals surface area (Å²) in [4.78, 5) is 25.3. The molecule has 0 spiro atoms. The molecule has 5 rings (SSSR count). The van der Waals surface area contributed by atoms with Crippen molar-refractivity contribution in [2.45, 2.75) is 36.0 Å². The molecule has 4 aromatic rings. The minimum atomic E-state index is -4.02. The van der Waals surface area contributed by atoms with Crippen molar-refractivity contribution in [3.63, 3.8) is 0 Å². The van der Waals surface area contributed by atoms with E-state index in [-0.39, 0.29) is 26.3 Å². The normalized spacial score (nSPS) is 12.9. The fourth-order valence-corrected chi connectivity index (χ4v) is 5.95. The van der Waals surface area contributed by atoms with Gasteiger partial charge >= 0.3 is 5.69 Å². The maximum absolute atomic E-state index is 13.3. The Hall–Kier alpha value is -3.89. The number of nitrogens with one attached hydrogen (secondary N) is 1. The number of ether oxygens (including phenoxy) is 1. The van der Waals surface area contributed by atoms with Crippen LogP contribution >= 0.6 is 11.6 Å². The van der Waals surface area contributed by atoms with Crippen LogP contribution < -0.4 is 16.0 Å². The van der Waals surface area contributed by atoms with Crippen molar-refractivity contribution in [1.82, 2.24) is 14.8 Å². The summed E-state index contributed by atoms with van der Waals surface area (Å²) in [5, 5.41) is 14.3. The molecule has 0 fully saturated rings. The quantitative estimate of drug-likeness (QED) is 0.406. The second-order valence-corrected chi connectivity index (χ2v) is 10.8. The summed E-state index contributed by atoms with van der Waals surface area (Å²) in [6, 6.07) is 12.0. The summed E-state index contributed by atoms with van der Waals surface area (Å²) >= 11 is 6.42. The monoisotopic (exact) mass is 525 g/mol. The zero-order valence-electron chi connectivity index (χ0n) is 19.0. The van der Waals surface area contributed by atoms with E-state index >= 15 is 0 Å². The van der Waals surface area contributed by atoms with E-state index in [0.29, 0.717) is 11.3 Å². The highest BCUT2D eigenvalue weighted by Crippen LogP contribution is 2.38. The Morgan fingerprint density at radius 3 is 2.58 bits per heavy atom. The second-order valence-electron chi connectivity index (χ2n) is 8.44. The van der Waals surface area contributed by atoms with Gasteiger partial charge in [0, 0.05) is 6.07 Å². The average Bonchev–Trinajstić information content (AvgIpc) is 3.30. The number of phenols is 1. The third kappa shape index (κ3) is 4.29. The highest BCUT2D eigenvalue weighted by Gasteiger charge is 2.25. The molecule has 36 heavy (non-hydrogen) atoms. The summed E-state index contributed by atoms with van der Waals surface area (Å²) in [6.45, 7) is 1.68. The second kappa shape index (κ2) is 8.96. The first-order valence-corrected chi connectivity index (χ1v) is 12.9. The molecular weight excluding hydrogens is 506 g/mol. The zero-order valence-corrected chi connectivity index (χ0v) is 20.6. The number of sulfone groups is 1. The number of nitrogens with zero attached hydrogens (tertiary/aromatic N) is 2. The Labute approximate surface area is 210 Å². The van der Waals surface area contributed by atoms with Crippen LogP contribution in [-0.4, -0.2) is 28.3 Å². The SMILES string of the molecule is Cc1cc(-n2ncc(=O)[nH]c2=O)cc(Cl)c1Oc1ccc(O)c(S(=O)(=O)c2ccc3c(c2)CCC3)c1. The van der Waals surface area contributed by atoms with E-state index in [0.717, 1.165) is 41.3 Å². The molecular formula is C25H20ClN3O6S. The molecule has 0 saturated carbocycles. The fourth-order valence-electron chi connectivity index (χ4n) is 4.23. The summed E-state index contributed by atoms with van der Waals surface area (Å²) in [5.41, 5.74) is 1.61. The number of fused-ring (bicyclic) bond motifs is 1. The Kier molecular flexibility index (Phi) is 5.93. The van der Waals surface area contributed by atoms with Gasteiger partial charge in [0.15, 0.2) is 0 Å². The fraction of sp³-hybridized carbons (Fsp3) is 0.160. The molecule has 1 aliphatic rings. The molecule has 184 valence electrons. The minimum absolute atomic E-state index is 0.105. The van der Waals surface area contributed by atoms with E-state index in [9.17, 15) is 23.1 Å². The first kappa shape index (κ1) is 23.8. The molecule has 0 bridgehead atoms. The number of hydrogen-bond donors (Lipinski definition) is 2. The van der Waals surface area contributed by atoms with Gasteiger partial charge in [-0.3, -0.25) is 9.78 Å². The first-order valence-electron chi connectivity index (χ1n) is 11.0. The Morgan fingerprint density at radius 1 is 1.06 bits per heavy atom. The summed E-state index contributed by atoms with van der Waals surface area (Å²) in [5.74, 6) is -0.0291. The predicted molar refractivity (Wildman–Crippen MR) is 132 cm³/mol. The number of rotatable bonds is 5. The van der Waals surface area contributed by atoms with Crippen LogP contribution in [0.25, 0.3) is 5.69 Å². The van der Waals surface area contributed by atoms with Crippen molar-refractivity contribution in [1.29, 1.82) is 0 Å². The van der Waals surface area contributed by atoms with Crippen molar-refractivity contribution in [2.24, 2.45) is 0 Å². The van der Waals surface area contributed by atoms with E-state index in [2.05, 4.69) is 10.1 Å². The molecule has 1 aromatic heterocycles. The number of H-pyrrole nitrogens is 1. The molecule has 0 atom stereocenters. The van der Waals surface area contributed by atoms with Crippen molar-refractivity contribution in [2.75, 3.05) is 0 Å². The topological polar surface area (TPSA) is 131 Å². The van der Waals surface area contributed by atoms with Gasteiger partial charge in [0.05, 0.1) is 15.6 Å². The van der Waals surface area contributed by atoms with Crippen LogP contribution in [0.1, 0.15) is 23.1 Å². The first-order chi connectivity index (χ1) is 17.1. The van der Waals surface area contributed by atoms with E-state index in [1.54, 1.807) is 25.1 Å². The molecule has 0 saturated heterocycles. The van der Waals surface area contributed by atoms with Gasteiger partial charge in [-0.05, 0) is 79.3 Å². The summed E-state index contributed by atoms with van der Waals surface area (Å²) < 4.78 is 33.6. The van der Waals surface area contributed by atoms with E-state index in [1.807, 2.05) is 6.07 Å². The van der Waals surface area contributed by atoms with Gasteiger partial charge in [0.1, 0.15) is 28.3 Å². The van der Waals surface area contributed by atoms with E-state index < -0.39 is 26.8 Å². The predicted octanol–water partition coefficient (Wildman–Crippen LogP) is 3.70. The number of aromatic amines is 1. The van der Waals surface area contributed by atoms with E-state index in [4.69, 9.17) is 16.3 Å². The summed E-state index contributed by atoms with van der Waals surface area (Å²) in [6.07, 6.45) is 3.70. The van der Waals surface area contributed by atoms with Crippen molar-refractivity contribution < 1.29 is 18.3 Å². The van der Waals surface area contributed by atoms with Crippen LogP contribution in [-0.2, 0) is 22.7 Å². The van der Waals surface area contributed by atoms with Crippen molar-refractivity contribution in [3.8, 4) is 22.9 Å². The molecule has 1 aliphatic carbocycles. The van der Waals surface area contributed by atoms with Crippen LogP contribution in [0.15, 0.2) is 74.1 Å². The maximum Gasteiger partial charge on any atom is 0.349 e. The molecule has 0 unspecified atom stereocenters. The molecule has 0 amide bonds. The number of benzene rings is 3. The van der Waals surface area contributed by atoms with Gasteiger partial charge in [0.25, 0.3) is 5.56 Å². The number of aryl methyl sites for hydroxylation is 3. The Balaban J connectivity index is 1.50. The number of aromatic nitrogens is 3. The van der Waals surface area contributed by atoms with Gasteiger partial charge in [-0.2, -0.15) is 9.78 Å². The lowest BCUT2D eigenvalue weighted by molar-refractivity contribution is 0.447. The van der Waals surface area contributed by atoms with Gasteiger partial charge in [-0.25, -0.2) is 13.2 Å². The molecule has 9 nitrogen and oxygen atoms in total. The van der Waals surface area contributed by atoms with Gasteiger partial charge in [0.2, 0.25) is 9.84 Å². The van der Waals surface area contributed by atoms with Crippen molar-refractivity contribution >= 4 is 21.4 Å². The minimum Gasteiger partial charge on any atom is -0.507 e. The molecule has 1 heterocycles. The van der Waals surface area contributed by atoms with E-state index in [1.165, 1.54) is 24.3 Å². The number of phenolic OH excluding ortho intramolecular Hbond substituents is 1. The average molecular weight is 526 g/mol. The standard InChI is InChI=1S/C25H20ClN3O6S/c1-14-9-17(29-25(32)28-23(31)13-27-29)11-20(26)24(14)35-18-6-8-21(30)22(12-18)36(33,34)19-7-5-15-3-2-4-16(15)10-19/h5-13,30H,2-4H2,1H3,(H,28,31,32). The third-order valence-electron chi connectivity index (χ3n) is 5.99. The van der Waals surface area contributed by atoms with Crippen LogP contribution in [0.3, 0.4) is 0 Å². The molecule has 0 aliphatic heterocycles. The number of hydrogen-bond acceptors (Lipinski definition) is 7. The highest BCUT2D eigenvalue weighted by molar-refractivity contribution is 7.91. The summed E-state index contributed by atoms with van der Waals surface area (Å²) in [7, 11) is -4.02. The van der Waals surface area contributed by atoms with Crippen LogP contribution in [0.5, 0.6) is 17.2 Å². The largest absolute Gasteiger partial charge is 0.507 e. The van der Waals surface area contributed by atoms with Gasteiger partial charge in [-0.1, -0.05) is 17.7 Å². The van der Waals surface area contributed by atoms with Crippen LogP contribution in [0, 0.1) is 6.92 Å². The Bertz CT molecular complexity index is 1720. The number of aromatic hydroxyl groups is 1. The zero-order chi connectivity index (χ0) is 25.6.